The molecule has 17 heavy (non-hydrogen) atoms. The van der Waals surface area contributed by atoms with Gasteiger partial charge in [-0.25, -0.2) is 4.39 Å². The summed E-state index contributed by atoms with van der Waals surface area (Å²) in [5.74, 6) is 0.575. The molecular formula is C15H24FN. The Hall–Kier alpha value is -0.890. The highest BCUT2D eigenvalue weighted by molar-refractivity contribution is 5.19. The molecule has 1 N–H and O–H groups in total. The van der Waals surface area contributed by atoms with E-state index in [0.717, 1.165) is 11.5 Å². The first-order valence-electron chi connectivity index (χ1n) is 6.54. The molecule has 0 amide bonds. The van der Waals surface area contributed by atoms with Crippen LogP contribution < -0.4 is 5.32 Å². The van der Waals surface area contributed by atoms with Crippen molar-refractivity contribution in [2.24, 2.45) is 5.92 Å². The van der Waals surface area contributed by atoms with Crippen molar-refractivity contribution in [3.05, 3.63) is 35.6 Å². The van der Waals surface area contributed by atoms with Crippen LogP contribution in [0.2, 0.25) is 0 Å². The largest absolute Gasteiger partial charge is 0.308 e. The maximum absolute atomic E-state index is 12.8. The Morgan fingerprint density at radius 3 is 2.24 bits per heavy atom. The fourth-order valence-corrected chi connectivity index (χ4v) is 2.11. The number of nitrogens with one attached hydrogen (secondary N) is 1. The summed E-state index contributed by atoms with van der Waals surface area (Å²) in [7, 11) is 0. The average molecular weight is 237 g/mol. The lowest BCUT2D eigenvalue weighted by molar-refractivity contribution is 0.385. The molecule has 3 unspecified atom stereocenters. The van der Waals surface area contributed by atoms with Crippen LogP contribution in [0.3, 0.4) is 0 Å². The van der Waals surface area contributed by atoms with Gasteiger partial charge in [-0.1, -0.05) is 32.4 Å². The van der Waals surface area contributed by atoms with E-state index in [0.29, 0.717) is 6.04 Å². The Labute approximate surface area is 104 Å². The molecule has 1 aromatic rings. The standard InChI is InChI=1S/C15H24FN/c1-5-11(2)10-12(3)17-13(4)14-6-8-15(16)9-7-14/h6-9,11-13,17H,5,10H2,1-4H3. The zero-order chi connectivity index (χ0) is 12.8. The third-order valence-electron chi connectivity index (χ3n) is 3.36. The molecule has 0 bridgehead atoms. The van der Waals surface area contributed by atoms with E-state index in [-0.39, 0.29) is 11.9 Å². The zero-order valence-electron chi connectivity index (χ0n) is 11.3. The third-order valence-corrected chi connectivity index (χ3v) is 3.36. The second-order valence-corrected chi connectivity index (χ2v) is 5.09. The van der Waals surface area contributed by atoms with Crippen LogP contribution >= 0.6 is 0 Å². The van der Waals surface area contributed by atoms with Gasteiger partial charge in [0.05, 0.1) is 0 Å². The molecule has 1 nitrogen and oxygen atoms in total. The molecule has 0 aliphatic heterocycles. The van der Waals surface area contributed by atoms with E-state index in [2.05, 4.69) is 33.0 Å². The first-order chi connectivity index (χ1) is 8.02. The SMILES string of the molecule is CCC(C)CC(C)NC(C)c1ccc(F)cc1. The maximum Gasteiger partial charge on any atom is 0.123 e. The van der Waals surface area contributed by atoms with Gasteiger partial charge >= 0.3 is 0 Å². The summed E-state index contributed by atoms with van der Waals surface area (Å²) < 4.78 is 12.8. The van der Waals surface area contributed by atoms with Gasteiger partial charge in [-0.3, -0.25) is 0 Å². The van der Waals surface area contributed by atoms with E-state index < -0.39 is 0 Å². The van der Waals surface area contributed by atoms with Crippen LogP contribution in [-0.2, 0) is 0 Å². The second kappa shape index (κ2) is 6.75. The Morgan fingerprint density at radius 2 is 1.71 bits per heavy atom. The molecule has 0 aliphatic rings. The van der Waals surface area contributed by atoms with E-state index in [4.69, 9.17) is 0 Å². The van der Waals surface area contributed by atoms with E-state index in [1.54, 1.807) is 0 Å². The smallest absolute Gasteiger partial charge is 0.123 e. The first-order valence-corrected chi connectivity index (χ1v) is 6.54. The van der Waals surface area contributed by atoms with Crippen molar-refractivity contribution in [1.29, 1.82) is 0 Å². The topological polar surface area (TPSA) is 12.0 Å². The first kappa shape index (κ1) is 14.2. The lowest BCUT2D eigenvalue weighted by atomic mass is 9.99. The summed E-state index contributed by atoms with van der Waals surface area (Å²) >= 11 is 0. The fourth-order valence-electron chi connectivity index (χ4n) is 2.11. The van der Waals surface area contributed by atoms with E-state index >= 15 is 0 Å². The van der Waals surface area contributed by atoms with Gasteiger partial charge in [0.1, 0.15) is 5.82 Å². The Kier molecular flexibility index (Phi) is 5.63. The molecule has 0 saturated carbocycles. The van der Waals surface area contributed by atoms with E-state index in [1.807, 2.05) is 12.1 Å². The van der Waals surface area contributed by atoms with Crippen LogP contribution in [0.1, 0.15) is 52.1 Å². The molecule has 0 saturated heterocycles. The molecule has 3 atom stereocenters. The summed E-state index contributed by atoms with van der Waals surface area (Å²) in [5.41, 5.74) is 1.14. The van der Waals surface area contributed by atoms with Crippen LogP contribution in [0, 0.1) is 11.7 Å². The van der Waals surface area contributed by atoms with Crippen molar-refractivity contribution < 1.29 is 4.39 Å². The minimum atomic E-state index is -0.173. The second-order valence-electron chi connectivity index (χ2n) is 5.09. The summed E-state index contributed by atoms with van der Waals surface area (Å²) in [6.07, 6.45) is 2.40. The molecule has 96 valence electrons. The minimum absolute atomic E-state index is 0.173. The lowest BCUT2D eigenvalue weighted by Crippen LogP contribution is -2.30. The van der Waals surface area contributed by atoms with Gasteiger partial charge < -0.3 is 5.32 Å². The molecule has 2 heteroatoms. The summed E-state index contributed by atoms with van der Waals surface area (Å²) in [5, 5.41) is 3.56. The highest BCUT2D eigenvalue weighted by Crippen LogP contribution is 2.16. The number of halogens is 1. The third kappa shape index (κ3) is 4.86. The summed E-state index contributed by atoms with van der Waals surface area (Å²) in [6, 6.07) is 7.51. The quantitative estimate of drug-likeness (QED) is 0.777. The van der Waals surface area contributed by atoms with Gasteiger partial charge in [-0.15, -0.1) is 0 Å². The van der Waals surface area contributed by atoms with E-state index in [1.165, 1.54) is 25.0 Å². The Morgan fingerprint density at radius 1 is 1.12 bits per heavy atom. The minimum Gasteiger partial charge on any atom is -0.308 e. The maximum atomic E-state index is 12.8. The summed E-state index contributed by atoms with van der Waals surface area (Å²) in [4.78, 5) is 0. The number of hydrogen-bond donors (Lipinski definition) is 1. The number of rotatable bonds is 6. The normalized spacial score (nSPS) is 16.5. The molecule has 0 aliphatic carbocycles. The molecule has 0 fully saturated rings. The molecule has 0 radical (unpaired) electrons. The van der Waals surface area contributed by atoms with Gasteiger partial charge in [0.15, 0.2) is 0 Å². The predicted molar refractivity (Wildman–Crippen MR) is 71.5 cm³/mol. The zero-order valence-corrected chi connectivity index (χ0v) is 11.3. The van der Waals surface area contributed by atoms with Crippen molar-refractivity contribution in [2.75, 3.05) is 0 Å². The Balaban J connectivity index is 2.48. The molecule has 1 rings (SSSR count). The van der Waals surface area contributed by atoms with Gasteiger partial charge in [0.2, 0.25) is 0 Å². The molecule has 0 spiro atoms. The molecule has 0 aromatic heterocycles. The van der Waals surface area contributed by atoms with Crippen LogP contribution in [0.15, 0.2) is 24.3 Å². The Bertz CT molecular complexity index is 320. The van der Waals surface area contributed by atoms with Crippen molar-refractivity contribution in [3.63, 3.8) is 0 Å². The van der Waals surface area contributed by atoms with Gasteiger partial charge in [0, 0.05) is 12.1 Å². The summed E-state index contributed by atoms with van der Waals surface area (Å²) in [6.45, 7) is 8.84. The molecule has 0 heterocycles. The van der Waals surface area contributed by atoms with Crippen molar-refractivity contribution in [3.8, 4) is 0 Å². The van der Waals surface area contributed by atoms with E-state index in [9.17, 15) is 4.39 Å². The monoisotopic (exact) mass is 237 g/mol. The van der Waals surface area contributed by atoms with Crippen molar-refractivity contribution in [2.45, 2.75) is 52.6 Å². The van der Waals surface area contributed by atoms with Crippen LogP contribution in [0.5, 0.6) is 0 Å². The fraction of sp³-hybridized carbons (Fsp3) is 0.600. The van der Waals surface area contributed by atoms with Crippen molar-refractivity contribution in [1.82, 2.24) is 5.32 Å². The lowest BCUT2D eigenvalue weighted by Gasteiger charge is -2.22. The van der Waals surface area contributed by atoms with Crippen LogP contribution in [-0.4, -0.2) is 6.04 Å². The van der Waals surface area contributed by atoms with Gasteiger partial charge in [-0.05, 0) is 43.9 Å². The van der Waals surface area contributed by atoms with Gasteiger partial charge in [0.25, 0.3) is 0 Å². The predicted octanol–water partition coefficient (Wildman–Crippen LogP) is 4.30. The number of hydrogen-bond acceptors (Lipinski definition) is 1. The molecular weight excluding hydrogens is 213 g/mol. The number of benzene rings is 1. The van der Waals surface area contributed by atoms with Gasteiger partial charge in [-0.2, -0.15) is 0 Å². The van der Waals surface area contributed by atoms with Crippen LogP contribution in [0.25, 0.3) is 0 Å². The van der Waals surface area contributed by atoms with Crippen LogP contribution in [0.4, 0.5) is 4.39 Å². The average Bonchev–Trinajstić information content (AvgIpc) is 2.29. The highest BCUT2D eigenvalue weighted by Gasteiger charge is 2.11. The van der Waals surface area contributed by atoms with Crippen molar-refractivity contribution >= 4 is 0 Å². The highest BCUT2D eigenvalue weighted by atomic mass is 19.1. The molecule has 1 aromatic carbocycles.